The van der Waals surface area contributed by atoms with Crippen LogP contribution in [0.3, 0.4) is 0 Å². The maximum atomic E-state index is 13.6. The number of ether oxygens (including phenoxy) is 2. The van der Waals surface area contributed by atoms with E-state index in [-0.39, 0.29) is 54.6 Å². The molecule has 0 saturated carbocycles. The van der Waals surface area contributed by atoms with Crippen molar-refractivity contribution >= 4 is 51.6 Å². The average Bonchev–Trinajstić information content (AvgIpc) is 3.95. The Kier molecular flexibility index (Phi) is 9.14. The van der Waals surface area contributed by atoms with E-state index < -0.39 is 17.8 Å². The lowest BCUT2D eigenvalue weighted by atomic mass is 10.1. The lowest BCUT2D eigenvalue weighted by molar-refractivity contribution is 0.0685. The van der Waals surface area contributed by atoms with E-state index in [1.54, 1.807) is 21.5 Å². The van der Waals surface area contributed by atoms with Crippen LogP contribution in [-0.2, 0) is 19.5 Å². The molecule has 2 atom stereocenters. The number of nitrogens with zero attached hydrogens (tertiary/aromatic N) is 8. The van der Waals surface area contributed by atoms with E-state index >= 15 is 0 Å². The van der Waals surface area contributed by atoms with Crippen LogP contribution in [-0.4, -0.2) is 85.7 Å². The highest BCUT2D eigenvalue weighted by Gasteiger charge is 2.31. The Bertz CT molecular complexity index is 2450. The fourth-order valence-electron chi connectivity index (χ4n) is 7.62. The first-order chi connectivity index (χ1) is 26.9. The number of hydrogen-bond donors (Lipinski definition) is 3. The number of rotatable bonds is 13. The monoisotopic (exact) mass is 761 g/mol. The number of aromatic carboxylic acids is 2. The fourth-order valence-corrected chi connectivity index (χ4v) is 7.62. The van der Waals surface area contributed by atoms with Gasteiger partial charge < -0.3 is 24.3 Å². The second-order valence-corrected chi connectivity index (χ2v) is 13.9. The Balaban J connectivity index is 1.08. The summed E-state index contributed by atoms with van der Waals surface area (Å²) in [6.45, 7) is 8.88. The highest BCUT2D eigenvalue weighted by Crippen LogP contribution is 2.40. The van der Waals surface area contributed by atoms with Gasteiger partial charge in [-0.1, -0.05) is 12.2 Å². The predicted molar refractivity (Wildman–Crippen MR) is 202 cm³/mol. The largest absolute Gasteiger partial charge is 0.489 e. The molecule has 17 nitrogen and oxygen atoms in total. The number of amides is 1. The first-order valence-electron chi connectivity index (χ1n) is 18.3. The van der Waals surface area contributed by atoms with E-state index in [4.69, 9.17) is 14.5 Å². The van der Waals surface area contributed by atoms with Crippen LogP contribution >= 0.6 is 0 Å². The van der Waals surface area contributed by atoms with Crippen molar-refractivity contribution in [3.05, 3.63) is 88.3 Å². The minimum Gasteiger partial charge on any atom is -0.489 e. The average molecular weight is 762 g/mol. The third kappa shape index (κ3) is 6.33. The number of nitrogens with one attached hydrogen (secondary N) is 1. The minimum absolute atomic E-state index is 0.0179. The summed E-state index contributed by atoms with van der Waals surface area (Å²) in [4.78, 5) is 60.4. The summed E-state index contributed by atoms with van der Waals surface area (Å²) in [5.74, 6) is -1.29. The first kappa shape index (κ1) is 36.2. The third-order valence-electron chi connectivity index (χ3n) is 10.1. The molecule has 2 aromatic carbocycles. The molecular weight excluding hydrogens is 722 g/mol. The molecule has 0 spiro atoms. The zero-order chi connectivity index (χ0) is 39.4. The number of ketones is 1. The van der Waals surface area contributed by atoms with Gasteiger partial charge >= 0.3 is 11.9 Å². The maximum Gasteiger partial charge on any atom is 0.335 e. The van der Waals surface area contributed by atoms with Crippen molar-refractivity contribution in [1.82, 2.24) is 38.7 Å². The Morgan fingerprint density at radius 3 is 1.84 bits per heavy atom. The maximum absolute atomic E-state index is 13.6. The van der Waals surface area contributed by atoms with Crippen LogP contribution in [0.2, 0.25) is 0 Å². The summed E-state index contributed by atoms with van der Waals surface area (Å²) in [5.41, 5.74) is 4.33. The van der Waals surface area contributed by atoms with E-state index in [1.165, 1.54) is 24.3 Å². The molecule has 4 aromatic heterocycles. The molecule has 0 fully saturated rings. The van der Waals surface area contributed by atoms with Crippen molar-refractivity contribution < 1.29 is 38.9 Å². The van der Waals surface area contributed by atoms with Crippen LogP contribution in [0.25, 0.3) is 22.1 Å². The number of benzene rings is 2. The van der Waals surface area contributed by atoms with Crippen LogP contribution in [0.1, 0.15) is 97.7 Å². The van der Waals surface area contributed by atoms with Crippen LogP contribution in [0.4, 0.5) is 5.95 Å². The number of Topliss-reactive ketones (excluding diaryl/α,β-unsaturated/α-hetero) is 1. The van der Waals surface area contributed by atoms with Gasteiger partial charge in [-0.3, -0.25) is 28.8 Å². The number of aromatic nitrogens is 8. The number of carboxylic acid groups (broad SMARTS) is 2. The number of allylic oxidation sites excluding steroid dienone is 2. The SMILES string of the molecule is CCn1nc(C)cc1C(=O)Cc1nc2cc(C(=O)O)cc3c2n1[C@@H](C/C=C\C[C@H]1COc2cc(C(=O)O)cc4nc(NC(=O)c5cc(C)nn5CC)n1c24)CO3. The number of aryl methyl sites for hydroxylation is 4. The summed E-state index contributed by atoms with van der Waals surface area (Å²) in [6, 6.07) is 8.77. The van der Waals surface area contributed by atoms with Gasteiger partial charge in [0.15, 0.2) is 5.78 Å². The van der Waals surface area contributed by atoms with Crippen molar-refractivity contribution in [2.75, 3.05) is 18.5 Å². The van der Waals surface area contributed by atoms with E-state index in [2.05, 4.69) is 20.5 Å². The lowest BCUT2D eigenvalue weighted by Gasteiger charge is -2.27. The molecule has 6 aromatic rings. The summed E-state index contributed by atoms with van der Waals surface area (Å²) < 4.78 is 19.3. The number of anilines is 1. The van der Waals surface area contributed by atoms with Gasteiger partial charge in [-0.05, 0) is 76.9 Å². The quantitative estimate of drug-likeness (QED) is 0.0996. The van der Waals surface area contributed by atoms with Gasteiger partial charge in [0.2, 0.25) is 5.95 Å². The summed E-state index contributed by atoms with van der Waals surface area (Å²) in [5, 5.41) is 31.2. The highest BCUT2D eigenvalue weighted by molar-refractivity contribution is 6.04. The zero-order valence-electron chi connectivity index (χ0n) is 31.1. The van der Waals surface area contributed by atoms with Gasteiger partial charge in [0.05, 0.1) is 52.1 Å². The molecule has 8 rings (SSSR count). The molecule has 0 radical (unpaired) electrons. The molecule has 0 aliphatic carbocycles. The van der Waals surface area contributed by atoms with Crippen LogP contribution < -0.4 is 14.8 Å². The second kappa shape index (κ2) is 14.1. The summed E-state index contributed by atoms with van der Waals surface area (Å²) in [7, 11) is 0. The van der Waals surface area contributed by atoms with Crippen molar-refractivity contribution in [1.29, 1.82) is 0 Å². The Morgan fingerprint density at radius 1 is 0.750 bits per heavy atom. The van der Waals surface area contributed by atoms with Crippen molar-refractivity contribution in [3.63, 3.8) is 0 Å². The second-order valence-electron chi connectivity index (χ2n) is 13.9. The summed E-state index contributed by atoms with van der Waals surface area (Å²) in [6.07, 6.45) is 4.96. The van der Waals surface area contributed by atoms with Gasteiger partial charge in [0, 0.05) is 13.1 Å². The van der Waals surface area contributed by atoms with E-state index in [0.29, 0.717) is 82.4 Å². The minimum atomic E-state index is -1.12. The number of hydrogen-bond acceptors (Lipinski definition) is 10. The predicted octanol–water partition coefficient (Wildman–Crippen LogP) is 5.41. The van der Waals surface area contributed by atoms with E-state index in [1.807, 2.05) is 49.0 Å². The van der Waals surface area contributed by atoms with Crippen molar-refractivity contribution in [2.45, 2.75) is 72.1 Å². The normalized spacial score (nSPS) is 16.0. The Labute approximate surface area is 319 Å². The fraction of sp³-hybridized carbons (Fsp3) is 0.333. The molecule has 0 saturated heterocycles. The Morgan fingerprint density at radius 2 is 1.27 bits per heavy atom. The third-order valence-corrected chi connectivity index (χ3v) is 10.1. The van der Waals surface area contributed by atoms with Gasteiger partial charge in [-0.2, -0.15) is 10.2 Å². The molecule has 2 aliphatic heterocycles. The first-order valence-corrected chi connectivity index (χ1v) is 18.3. The van der Waals surface area contributed by atoms with Gasteiger partial charge in [-0.15, -0.1) is 0 Å². The molecule has 2 aliphatic rings. The van der Waals surface area contributed by atoms with Crippen molar-refractivity contribution in [3.8, 4) is 11.5 Å². The van der Waals surface area contributed by atoms with Crippen molar-refractivity contribution in [2.24, 2.45) is 0 Å². The van der Waals surface area contributed by atoms with Crippen LogP contribution in [0.15, 0.2) is 48.6 Å². The van der Waals surface area contributed by atoms with Crippen LogP contribution in [0.5, 0.6) is 11.5 Å². The lowest BCUT2D eigenvalue weighted by Crippen LogP contribution is -2.26. The van der Waals surface area contributed by atoms with Gasteiger partial charge in [0.1, 0.15) is 53.0 Å². The molecule has 6 heterocycles. The summed E-state index contributed by atoms with van der Waals surface area (Å²) >= 11 is 0. The molecule has 288 valence electrons. The molecule has 1 amide bonds. The Hall–Kier alpha value is -6.78. The number of carboxylic acids is 2. The number of imidazole rings is 2. The highest BCUT2D eigenvalue weighted by atomic mass is 16.5. The van der Waals surface area contributed by atoms with E-state index in [9.17, 15) is 29.4 Å². The van der Waals surface area contributed by atoms with E-state index in [0.717, 1.165) is 5.69 Å². The van der Waals surface area contributed by atoms with Gasteiger partial charge in [0.25, 0.3) is 5.91 Å². The standard InChI is InChI=1S/C39H39N9O8/c1-5-45-28(11-20(3)43-45)30(49)17-33-40-26-13-22(37(51)52)15-31-34(26)47(33)24(18-55-31)9-7-8-10-25-19-56-32-16-23(38(53)54)14-27-35(32)48(25)39(41-27)42-36(50)29-12-21(4)44-46(29)6-2/h7-8,11-16,24-25H,5-6,9-10,17-19H2,1-4H3,(H,51,52)(H,53,54)(H,41,42,50)/b8-7-/t24-,25-/m0/s1. The number of carbonyl (C=O) groups excluding carboxylic acids is 2. The molecule has 0 unspecified atom stereocenters. The molecule has 0 bridgehead atoms. The van der Waals surface area contributed by atoms with Gasteiger partial charge in [-0.25, -0.2) is 19.6 Å². The molecular formula is C39H39N9O8. The molecule has 56 heavy (non-hydrogen) atoms. The molecule has 17 heteroatoms. The zero-order valence-corrected chi connectivity index (χ0v) is 31.1. The van der Waals surface area contributed by atoms with Crippen LogP contribution in [0, 0.1) is 13.8 Å². The topological polar surface area (TPSA) is 211 Å². The molecule has 3 N–H and O–H groups in total. The number of carbonyl (C=O) groups is 4. The smallest absolute Gasteiger partial charge is 0.335 e.